The number of anilines is 1. The standard InChI is InChI=1S/C12H16N4O/c13-8-11-3-5-14-12(15-11)16-6-1-2-10(9-16)4-7-17/h3,5,10,17H,1-2,4,6-7,9H2. The second kappa shape index (κ2) is 5.60. The fourth-order valence-electron chi connectivity index (χ4n) is 2.23. The lowest BCUT2D eigenvalue weighted by Crippen LogP contribution is -2.36. The van der Waals surface area contributed by atoms with Crippen LogP contribution in [0.2, 0.25) is 0 Å². The van der Waals surface area contributed by atoms with E-state index in [0.29, 0.717) is 17.6 Å². The van der Waals surface area contributed by atoms with Crippen molar-refractivity contribution in [3.63, 3.8) is 0 Å². The van der Waals surface area contributed by atoms with Crippen molar-refractivity contribution in [2.24, 2.45) is 5.92 Å². The van der Waals surface area contributed by atoms with Crippen molar-refractivity contribution < 1.29 is 5.11 Å². The molecule has 0 radical (unpaired) electrons. The van der Waals surface area contributed by atoms with Crippen LogP contribution in [0.4, 0.5) is 5.95 Å². The van der Waals surface area contributed by atoms with Crippen LogP contribution in [0, 0.1) is 17.2 Å². The van der Waals surface area contributed by atoms with Crippen LogP contribution in [0.3, 0.4) is 0 Å². The van der Waals surface area contributed by atoms with Crippen LogP contribution in [0.5, 0.6) is 0 Å². The Kier molecular flexibility index (Phi) is 3.89. The molecule has 1 atom stereocenters. The van der Waals surface area contributed by atoms with E-state index in [4.69, 9.17) is 10.4 Å². The summed E-state index contributed by atoms with van der Waals surface area (Å²) in [5.74, 6) is 1.13. The van der Waals surface area contributed by atoms with Crippen molar-refractivity contribution >= 4 is 5.95 Å². The summed E-state index contributed by atoms with van der Waals surface area (Å²) in [5, 5.41) is 17.8. The second-order valence-electron chi connectivity index (χ2n) is 4.32. The third-order valence-corrected chi connectivity index (χ3v) is 3.10. The third kappa shape index (κ3) is 2.92. The molecule has 0 saturated carbocycles. The zero-order chi connectivity index (χ0) is 12.1. The Balaban J connectivity index is 2.08. The molecule has 1 aromatic heterocycles. The maximum Gasteiger partial charge on any atom is 0.226 e. The fraction of sp³-hybridized carbons (Fsp3) is 0.583. The van der Waals surface area contributed by atoms with Crippen LogP contribution in [0.25, 0.3) is 0 Å². The molecule has 0 aliphatic carbocycles. The number of piperidine rings is 1. The number of hydrogen-bond donors (Lipinski definition) is 1. The lowest BCUT2D eigenvalue weighted by molar-refractivity contribution is 0.244. The van der Waals surface area contributed by atoms with E-state index in [-0.39, 0.29) is 6.61 Å². The highest BCUT2D eigenvalue weighted by Gasteiger charge is 2.21. The summed E-state index contributed by atoms with van der Waals surface area (Å²) >= 11 is 0. The van der Waals surface area contributed by atoms with Gasteiger partial charge in [-0.25, -0.2) is 9.97 Å². The molecule has 1 aliphatic rings. The molecule has 2 heterocycles. The average molecular weight is 232 g/mol. The number of nitriles is 1. The van der Waals surface area contributed by atoms with E-state index in [1.807, 2.05) is 6.07 Å². The fourth-order valence-corrected chi connectivity index (χ4v) is 2.23. The molecule has 1 fully saturated rings. The first-order valence-corrected chi connectivity index (χ1v) is 5.92. The molecule has 1 N–H and O–H groups in total. The number of aliphatic hydroxyl groups is 1. The van der Waals surface area contributed by atoms with Gasteiger partial charge in [0, 0.05) is 25.9 Å². The molecule has 1 saturated heterocycles. The van der Waals surface area contributed by atoms with Crippen molar-refractivity contribution in [1.29, 1.82) is 5.26 Å². The SMILES string of the molecule is N#Cc1ccnc(N2CCCC(CCO)C2)n1. The van der Waals surface area contributed by atoms with Crippen molar-refractivity contribution in [1.82, 2.24) is 9.97 Å². The number of aromatic nitrogens is 2. The molecular weight excluding hydrogens is 216 g/mol. The van der Waals surface area contributed by atoms with Crippen molar-refractivity contribution in [2.75, 3.05) is 24.6 Å². The van der Waals surface area contributed by atoms with E-state index in [1.54, 1.807) is 12.3 Å². The predicted octanol–water partition coefficient (Wildman–Crippen LogP) is 0.947. The molecule has 1 aliphatic heterocycles. The minimum atomic E-state index is 0.234. The van der Waals surface area contributed by atoms with Crippen molar-refractivity contribution in [3.05, 3.63) is 18.0 Å². The molecule has 5 nitrogen and oxygen atoms in total. The second-order valence-corrected chi connectivity index (χ2v) is 4.32. The van der Waals surface area contributed by atoms with Gasteiger partial charge in [0.2, 0.25) is 5.95 Å². The van der Waals surface area contributed by atoms with Gasteiger partial charge in [-0.15, -0.1) is 0 Å². The van der Waals surface area contributed by atoms with Crippen LogP contribution in [0.1, 0.15) is 25.0 Å². The quantitative estimate of drug-likeness (QED) is 0.839. The van der Waals surface area contributed by atoms with Gasteiger partial charge in [-0.3, -0.25) is 0 Å². The zero-order valence-electron chi connectivity index (χ0n) is 9.71. The van der Waals surface area contributed by atoms with Gasteiger partial charge in [0.25, 0.3) is 0 Å². The van der Waals surface area contributed by atoms with Gasteiger partial charge in [-0.2, -0.15) is 5.26 Å². The largest absolute Gasteiger partial charge is 0.396 e. The molecule has 0 aromatic carbocycles. The van der Waals surface area contributed by atoms with E-state index >= 15 is 0 Å². The molecule has 0 spiro atoms. The first-order chi connectivity index (χ1) is 8.33. The summed E-state index contributed by atoms with van der Waals surface area (Å²) in [5.41, 5.74) is 0.402. The van der Waals surface area contributed by atoms with E-state index in [2.05, 4.69) is 14.9 Å². The number of hydrogen-bond acceptors (Lipinski definition) is 5. The molecule has 17 heavy (non-hydrogen) atoms. The van der Waals surface area contributed by atoms with Gasteiger partial charge in [0.1, 0.15) is 11.8 Å². The topological polar surface area (TPSA) is 73.0 Å². The van der Waals surface area contributed by atoms with Crippen LogP contribution in [-0.4, -0.2) is 34.8 Å². The monoisotopic (exact) mass is 232 g/mol. The van der Waals surface area contributed by atoms with E-state index < -0.39 is 0 Å². The highest BCUT2D eigenvalue weighted by molar-refractivity contribution is 5.34. The van der Waals surface area contributed by atoms with E-state index in [0.717, 1.165) is 32.4 Å². The van der Waals surface area contributed by atoms with Crippen LogP contribution >= 0.6 is 0 Å². The van der Waals surface area contributed by atoms with Crippen LogP contribution < -0.4 is 4.90 Å². The molecule has 1 unspecified atom stereocenters. The summed E-state index contributed by atoms with van der Waals surface area (Å²) in [7, 11) is 0. The Bertz CT molecular complexity index is 413. The van der Waals surface area contributed by atoms with Crippen molar-refractivity contribution in [3.8, 4) is 6.07 Å². The van der Waals surface area contributed by atoms with Crippen LogP contribution in [0.15, 0.2) is 12.3 Å². The van der Waals surface area contributed by atoms with Gasteiger partial charge in [-0.1, -0.05) is 0 Å². The number of aliphatic hydroxyl groups excluding tert-OH is 1. The zero-order valence-corrected chi connectivity index (χ0v) is 9.71. The smallest absolute Gasteiger partial charge is 0.226 e. The molecule has 2 rings (SSSR count). The first-order valence-electron chi connectivity index (χ1n) is 5.92. The van der Waals surface area contributed by atoms with Crippen molar-refractivity contribution in [2.45, 2.75) is 19.3 Å². The third-order valence-electron chi connectivity index (χ3n) is 3.10. The number of nitrogens with zero attached hydrogens (tertiary/aromatic N) is 4. The Labute approximate surface area is 101 Å². The summed E-state index contributed by atoms with van der Waals surface area (Å²) in [4.78, 5) is 10.5. The first kappa shape index (κ1) is 11.8. The normalized spacial score (nSPS) is 20.0. The number of rotatable bonds is 3. The molecular formula is C12H16N4O. The van der Waals surface area contributed by atoms with Gasteiger partial charge >= 0.3 is 0 Å². The van der Waals surface area contributed by atoms with E-state index in [1.165, 1.54) is 0 Å². The minimum Gasteiger partial charge on any atom is -0.396 e. The highest BCUT2D eigenvalue weighted by Crippen LogP contribution is 2.22. The Morgan fingerprint density at radius 1 is 1.59 bits per heavy atom. The average Bonchev–Trinajstić information content (AvgIpc) is 2.40. The van der Waals surface area contributed by atoms with E-state index in [9.17, 15) is 0 Å². The Morgan fingerprint density at radius 2 is 2.47 bits per heavy atom. The Hall–Kier alpha value is -1.67. The van der Waals surface area contributed by atoms with Gasteiger partial charge < -0.3 is 10.0 Å². The molecule has 90 valence electrons. The maximum atomic E-state index is 8.96. The maximum absolute atomic E-state index is 8.96. The highest BCUT2D eigenvalue weighted by atomic mass is 16.3. The van der Waals surface area contributed by atoms with Crippen LogP contribution in [-0.2, 0) is 0 Å². The molecule has 0 amide bonds. The summed E-state index contributed by atoms with van der Waals surface area (Å²) < 4.78 is 0. The van der Waals surface area contributed by atoms with Gasteiger partial charge in [0.05, 0.1) is 0 Å². The van der Waals surface area contributed by atoms with Gasteiger partial charge in [0.15, 0.2) is 0 Å². The molecule has 5 heteroatoms. The van der Waals surface area contributed by atoms with Gasteiger partial charge in [-0.05, 0) is 31.2 Å². The molecule has 0 bridgehead atoms. The Morgan fingerprint density at radius 3 is 3.24 bits per heavy atom. The summed E-state index contributed by atoms with van der Waals surface area (Å²) in [6.07, 6.45) is 4.69. The minimum absolute atomic E-state index is 0.234. The summed E-state index contributed by atoms with van der Waals surface area (Å²) in [6.45, 7) is 2.03. The lowest BCUT2D eigenvalue weighted by Gasteiger charge is -2.32. The molecule has 1 aromatic rings. The summed E-state index contributed by atoms with van der Waals surface area (Å²) in [6, 6.07) is 3.63. The predicted molar refractivity (Wildman–Crippen MR) is 63.4 cm³/mol. The lowest BCUT2D eigenvalue weighted by atomic mass is 9.95.